The molecule has 1 aromatic rings. The highest BCUT2D eigenvalue weighted by molar-refractivity contribution is 7.88. The Balaban J connectivity index is 2.27. The highest BCUT2D eigenvalue weighted by Gasteiger charge is 2.34. The molecule has 1 aromatic heterocycles. The molecule has 1 saturated heterocycles. The topological polar surface area (TPSA) is 108 Å². The molecule has 2 rings (SSSR count). The van der Waals surface area contributed by atoms with E-state index >= 15 is 0 Å². The standard InChI is InChI=1S/C13H18N2O6S/c1-14(2)22(19,20)11-7-9(8-21-11)12(16)15-6-4-3-5-10(15)13(17)18/h7-8,10H,3-6H2,1-2H3,(H,17,18). The molecule has 1 atom stereocenters. The van der Waals surface area contributed by atoms with Crippen LogP contribution >= 0.6 is 0 Å². The Labute approximate surface area is 128 Å². The van der Waals surface area contributed by atoms with Crippen LogP contribution in [0.2, 0.25) is 0 Å². The lowest BCUT2D eigenvalue weighted by Crippen LogP contribution is -2.47. The monoisotopic (exact) mass is 330 g/mol. The van der Waals surface area contributed by atoms with Gasteiger partial charge in [0.05, 0.1) is 5.56 Å². The number of nitrogens with zero attached hydrogens (tertiary/aromatic N) is 2. The van der Waals surface area contributed by atoms with E-state index in [1.54, 1.807) is 0 Å². The lowest BCUT2D eigenvalue weighted by molar-refractivity contribution is -0.143. The number of furan rings is 1. The van der Waals surface area contributed by atoms with E-state index in [9.17, 15) is 23.1 Å². The highest BCUT2D eigenvalue weighted by Crippen LogP contribution is 2.23. The highest BCUT2D eigenvalue weighted by atomic mass is 32.2. The minimum absolute atomic E-state index is 0.0357. The normalized spacial score (nSPS) is 19.4. The first-order valence-electron chi connectivity index (χ1n) is 6.80. The van der Waals surface area contributed by atoms with E-state index in [-0.39, 0.29) is 10.7 Å². The summed E-state index contributed by atoms with van der Waals surface area (Å²) in [4.78, 5) is 24.9. The number of amides is 1. The number of hydrogen-bond acceptors (Lipinski definition) is 5. The summed E-state index contributed by atoms with van der Waals surface area (Å²) in [5, 5.41) is 8.85. The van der Waals surface area contributed by atoms with Crippen molar-refractivity contribution in [3.63, 3.8) is 0 Å². The molecular formula is C13H18N2O6S. The molecule has 0 bridgehead atoms. The average molecular weight is 330 g/mol. The Bertz CT molecular complexity index is 678. The van der Waals surface area contributed by atoms with Gasteiger partial charge in [-0.05, 0) is 19.3 Å². The van der Waals surface area contributed by atoms with Gasteiger partial charge in [0.15, 0.2) is 0 Å². The first-order chi connectivity index (χ1) is 10.2. The smallest absolute Gasteiger partial charge is 0.326 e. The van der Waals surface area contributed by atoms with Crippen molar-refractivity contribution in [3.05, 3.63) is 17.9 Å². The molecule has 1 aliphatic rings. The van der Waals surface area contributed by atoms with Gasteiger partial charge in [0.1, 0.15) is 12.3 Å². The maximum absolute atomic E-state index is 12.4. The van der Waals surface area contributed by atoms with E-state index in [1.807, 2.05) is 0 Å². The van der Waals surface area contributed by atoms with Crippen LogP contribution < -0.4 is 0 Å². The zero-order valence-electron chi connectivity index (χ0n) is 12.4. The van der Waals surface area contributed by atoms with Gasteiger partial charge in [-0.1, -0.05) is 0 Å². The summed E-state index contributed by atoms with van der Waals surface area (Å²) < 4.78 is 29.8. The van der Waals surface area contributed by atoms with Crippen molar-refractivity contribution in [1.29, 1.82) is 0 Å². The Morgan fingerprint density at radius 3 is 2.64 bits per heavy atom. The van der Waals surface area contributed by atoms with Gasteiger partial charge in [0.2, 0.25) is 5.09 Å². The third-order valence-electron chi connectivity index (χ3n) is 3.61. The third kappa shape index (κ3) is 3.00. The largest absolute Gasteiger partial charge is 0.480 e. The molecule has 9 heteroatoms. The fourth-order valence-corrected chi connectivity index (χ4v) is 3.15. The SMILES string of the molecule is CN(C)S(=O)(=O)c1cc(C(=O)N2CCCCC2C(=O)O)co1. The van der Waals surface area contributed by atoms with Crippen molar-refractivity contribution in [1.82, 2.24) is 9.21 Å². The van der Waals surface area contributed by atoms with Crippen molar-refractivity contribution in [2.24, 2.45) is 0 Å². The van der Waals surface area contributed by atoms with Gasteiger partial charge in [0.25, 0.3) is 15.9 Å². The molecule has 1 fully saturated rings. The van der Waals surface area contributed by atoms with E-state index < -0.39 is 27.9 Å². The Hall–Kier alpha value is -1.87. The third-order valence-corrected chi connectivity index (χ3v) is 5.29. The summed E-state index contributed by atoms with van der Waals surface area (Å²) in [7, 11) is -1.07. The summed E-state index contributed by atoms with van der Waals surface area (Å²) in [6.07, 6.45) is 2.90. The molecule has 0 radical (unpaired) electrons. The molecule has 0 saturated carbocycles. The number of carboxylic acids is 1. The number of rotatable bonds is 4. The second-order valence-electron chi connectivity index (χ2n) is 5.29. The Morgan fingerprint density at radius 2 is 2.05 bits per heavy atom. The molecule has 122 valence electrons. The van der Waals surface area contributed by atoms with Crippen LogP contribution in [0.4, 0.5) is 0 Å². The second-order valence-corrected chi connectivity index (χ2v) is 7.37. The van der Waals surface area contributed by atoms with Crippen LogP contribution in [0.15, 0.2) is 21.8 Å². The number of carbonyl (C=O) groups excluding carboxylic acids is 1. The maximum Gasteiger partial charge on any atom is 0.326 e. The fourth-order valence-electron chi connectivity index (χ4n) is 2.34. The molecule has 1 unspecified atom stereocenters. The van der Waals surface area contributed by atoms with Crippen LogP contribution in [0.25, 0.3) is 0 Å². The minimum Gasteiger partial charge on any atom is -0.480 e. The fraction of sp³-hybridized carbons (Fsp3) is 0.538. The van der Waals surface area contributed by atoms with Crippen molar-refractivity contribution in [3.8, 4) is 0 Å². The van der Waals surface area contributed by atoms with Gasteiger partial charge in [-0.2, -0.15) is 0 Å². The lowest BCUT2D eigenvalue weighted by atomic mass is 10.0. The summed E-state index contributed by atoms with van der Waals surface area (Å²) >= 11 is 0. The minimum atomic E-state index is -3.77. The predicted molar refractivity (Wildman–Crippen MR) is 75.9 cm³/mol. The summed E-state index contributed by atoms with van der Waals surface area (Å²) in [6, 6.07) is 0.246. The molecular weight excluding hydrogens is 312 g/mol. The second kappa shape index (κ2) is 6.09. The van der Waals surface area contributed by atoms with Gasteiger partial charge in [-0.3, -0.25) is 4.79 Å². The first kappa shape index (κ1) is 16.5. The number of piperidine rings is 1. The van der Waals surface area contributed by atoms with Crippen LogP contribution in [-0.2, 0) is 14.8 Å². The summed E-state index contributed by atoms with van der Waals surface area (Å²) in [5.74, 6) is -1.59. The number of sulfonamides is 1. The van der Waals surface area contributed by atoms with Crippen molar-refractivity contribution in [2.75, 3.05) is 20.6 Å². The van der Waals surface area contributed by atoms with Crippen molar-refractivity contribution < 1.29 is 27.5 Å². The van der Waals surface area contributed by atoms with Gasteiger partial charge >= 0.3 is 5.97 Å². The number of hydrogen-bond donors (Lipinski definition) is 1. The maximum atomic E-state index is 12.4. The van der Waals surface area contributed by atoms with Gasteiger partial charge < -0.3 is 14.4 Å². The molecule has 0 aliphatic carbocycles. The van der Waals surface area contributed by atoms with E-state index in [4.69, 9.17) is 4.42 Å². The average Bonchev–Trinajstić information content (AvgIpc) is 2.96. The molecule has 0 aromatic carbocycles. The number of aliphatic carboxylic acids is 1. The molecule has 8 nitrogen and oxygen atoms in total. The van der Waals surface area contributed by atoms with Crippen molar-refractivity contribution in [2.45, 2.75) is 30.4 Å². The van der Waals surface area contributed by atoms with Crippen LogP contribution in [0.3, 0.4) is 0 Å². The van der Waals surface area contributed by atoms with Crippen molar-refractivity contribution >= 4 is 21.9 Å². The van der Waals surface area contributed by atoms with Crippen LogP contribution in [-0.4, -0.2) is 61.3 Å². The zero-order chi connectivity index (χ0) is 16.5. The lowest BCUT2D eigenvalue weighted by Gasteiger charge is -2.32. The molecule has 0 spiro atoms. The van der Waals surface area contributed by atoms with Crippen LogP contribution in [0.5, 0.6) is 0 Å². The summed E-state index contributed by atoms with van der Waals surface area (Å²) in [5.41, 5.74) is 0.0357. The predicted octanol–water partition coefficient (Wildman–Crippen LogP) is 0.609. The summed E-state index contributed by atoms with van der Waals surface area (Å²) in [6.45, 7) is 0.330. The molecule has 2 heterocycles. The molecule has 1 amide bonds. The quantitative estimate of drug-likeness (QED) is 0.866. The van der Waals surface area contributed by atoms with E-state index in [2.05, 4.69) is 0 Å². The van der Waals surface area contributed by atoms with Gasteiger partial charge in [0, 0.05) is 26.7 Å². The number of carboxylic acid groups (broad SMARTS) is 1. The number of carbonyl (C=O) groups is 2. The molecule has 1 aliphatic heterocycles. The van der Waals surface area contributed by atoms with E-state index in [1.165, 1.54) is 19.0 Å². The number of likely N-dealkylation sites (tertiary alicyclic amines) is 1. The van der Waals surface area contributed by atoms with Gasteiger partial charge in [-0.15, -0.1) is 0 Å². The van der Waals surface area contributed by atoms with E-state index in [0.29, 0.717) is 13.0 Å². The van der Waals surface area contributed by atoms with Gasteiger partial charge in [-0.25, -0.2) is 17.5 Å². The van der Waals surface area contributed by atoms with Crippen LogP contribution in [0, 0.1) is 0 Å². The molecule has 1 N–H and O–H groups in total. The van der Waals surface area contributed by atoms with E-state index in [0.717, 1.165) is 29.5 Å². The first-order valence-corrected chi connectivity index (χ1v) is 8.24. The Morgan fingerprint density at radius 1 is 1.36 bits per heavy atom. The Kier molecular flexibility index (Phi) is 4.57. The zero-order valence-corrected chi connectivity index (χ0v) is 13.2. The van der Waals surface area contributed by atoms with Crippen LogP contribution in [0.1, 0.15) is 29.6 Å². The molecule has 22 heavy (non-hydrogen) atoms.